The number of benzene rings is 2. The third kappa shape index (κ3) is 3.72. The highest BCUT2D eigenvalue weighted by Crippen LogP contribution is 2.20. The average molecular weight is 384 g/mol. The SMILES string of the molecule is O=C(Nc1ccc(N2CCOCC2)cc1)c1ccn(-c2c(F)cccc2F)n1. The zero-order valence-corrected chi connectivity index (χ0v) is 14.9. The van der Waals surface area contributed by atoms with Gasteiger partial charge in [0.2, 0.25) is 0 Å². The summed E-state index contributed by atoms with van der Waals surface area (Å²) in [4.78, 5) is 14.6. The molecule has 2 aromatic carbocycles. The summed E-state index contributed by atoms with van der Waals surface area (Å²) in [6, 6.07) is 12.4. The standard InChI is InChI=1S/C20H18F2N4O2/c21-16-2-1-3-17(22)19(16)26-9-8-18(24-26)20(27)23-14-4-6-15(7-5-14)25-10-12-28-13-11-25/h1-9H,10-13H2,(H,23,27). The monoisotopic (exact) mass is 384 g/mol. The van der Waals surface area contributed by atoms with Gasteiger partial charge in [-0.2, -0.15) is 5.10 Å². The van der Waals surface area contributed by atoms with E-state index in [-0.39, 0.29) is 11.4 Å². The number of anilines is 2. The van der Waals surface area contributed by atoms with Gasteiger partial charge in [-0.1, -0.05) is 6.07 Å². The zero-order valence-electron chi connectivity index (χ0n) is 14.9. The van der Waals surface area contributed by atoms with Crippen LogP contribution in [0, 0.1) is 11.6 Å². The molecule has 4 rings (SSSR count). The number of carbonyl (C=O) groups excluding carboxylic acids is 1. The minimum atomic E-state index is -0.756. The molecule has 0 spiro atoms. The molecule has 1 aliphatic heterocycles. The highest BCUT2D eigenvalue weighted by molar-refractivity contribution is 6.02. The van der Waals surface area contributed by atoms with E-state index < -0.39 is 17.5 Å². The molecule has 144 valence electrons. The van der Waals surface area contributed by atoms with Crippen molar-refractivity contribution >= 4 is 17.3 Å². The number of para-hydroxylation sites is 1. The number of rotatable bonds is 4. The van der Waals surface area contributed by atoms with Gasteiger partial charge in [-0.25, -0.2) is 13.5 Å². The van der Waals surface area contributed by atoms with E-state index >= 15 is 0 Å². The summed E-state index contributed by atoms with van der Waals surface area (Å²) in [6.45, 7) is 3.05. The first-order valence-electron chi connectivity index (χ1n) is 8.86. The van der Waals surface area contributed by atoms with E-state index in [1.165, 1.54) is 18.3 Å². The molecular weight excluding hydrogens is 366 g/mol. The molecule has 1 amide bonds. The van der Waals surface area contributed by atoms with Crippen LogP contribution >= 0.6 is 0 Å². The number of hydrogen-bond donors (Lipinski definition) is 1. The molecule has 6 nitrogen and oxygen atoms in total. The molecule has 1 aromatic heterocycles. The van der Waals surface area contributed by atoms with Crippen molar-refractivity contribution in [2.45, 2.75) is 0 Å². The highest BCUT2D eigenvalue weighted by Gasteiger charge is 2.16. The first-order valence-corrected chi connectivity index (χ1v) is 8.86. The number of aromatic nitrogens is 2. The Morgan fingerprint density at radius 2 is 1.68 bits per heavy atom. The fourth-order valence-electron chi connectivity index (χ4n) is 3.05. The van der Waals surface area contributed by atoms with Crippen LogP contribution in [0.15, 0.2) is 54.7 Å². The molecule has 1 saturated heterocycles. The van der Waals surface area contributed by atoms with Crippen LogP contribution in [0.2, 0.25) is 0 Å². The molecule has 0 aliphatic carbocycles. The molecule has 1 N–H and O–H groups in total. The van der Waals surface area contributed by atoms with Crippen LogP contribution in [0.25, 0.3) is 5.69 Å². The number of morpholine rings is 1. The van der Waals surface area contributed by atoms with E-state index in [1.54, 1.807) is 12.1 Å². The molecule has 28 heavy (non-hydrogen) atoms. The number of amides is 1. The summed E-state index contributed by atoms with van der Waals surface area (Å²) in [5.41, 5.74) is 1.39. The van der Waals surface area contributed by atoms with Crippen LogP contribution < -0.4 is 10.2 Å². The minimum absolute atomic E-state index is 0.0555. The van der Waals surface area contributed by atoms with Gasteiger partial charge in [-0.15, -0.1) is 0 Å². The second-order valence-electron chi connectivity index (χ2n) is 6.32. The molecule has 1 aliphatic rings. The van der Waals surface area contributed by atoms with Gasteiger partial charge in [0, 0.05) is 30.7 Å². The lowest BCUT2D eigenvalue weighted by Crippen LogP contribution is -2.36. The Balaban J connectivity index is 1.46. The Morgan fingerprint density at radius 3 is 2.36 bits per heavy atom. The lowest BCUT2D eigenvalue weighted by molar-refractivity contribution is 0.102. The number of nitrogens with zero attached hydrogens (tertiary/aromatic N) is 3. The second-order valence-corrected chi connectivity index (χ2v) is 6.32. The van der Waals surface area contributed by atoms with E-state index in [2.05, 4.69) is 15.3 Å². The number of nitrogens with one attached hydrogen (secondary N) is 1. The van der Waals surface area contributed by atoms with Gasteiger partial charge in [0.05, 0.1) is 13.2 Å². The molecule has 0 atom stereocenters. The van der Waals surface area contributed by atoms with Gasteiger partial charge in [0.15, 0.2) is 17.3 Å². The van der Waals surface area contributed by atoms with Gasteiger partial charge >= 0.3 is 0 Å². The number of carbonyl (C=O) groups is 1. The van der Waals surface area contributed by atoms with Crippen LogP contribution in [-0.4, -0.2) is 42.0 Å². The third-order valence-corrected chi connectivity index (χ3v) is 4.49. The Bertz CT molecular complexity index is 962. The quantitative estimate of drug-likeness (QED) is 0.750. The third-order valence-electron chi connectivity index (χ3n) is 4.49. The van der Waals surface area contributed by atoms with Crippen molar-refractivity contribution in [3.63, 3.8) is 0 Å². The normalized spacial score (nSPS) is 14.1. The number of ether oxygens (including phenoxy) is 1. The molecule has 0 unspecified atom stereocenters. The van der Waals surface area contributed by atoms with Crippen molar-refractivity contribution in [3.05, 3.63) is 72.1 Å². The van der Waals surface area contributed by atoms with Crippen LogP contribution in [-0.2, 0) is 4.74 Å². The van der Waals surface area contributed by atoms with Gasteiger partial charge in [0.25, 0.3) is 5.91 Å². The molecule has 2 heterocycles. The van der Waals surface area contributed by atoms with Gasteiger partial charge in [-0.05, 0) is 42.5 Å². The highest BCUT2D eigenvalue weighted by atomic mass is 19.1. The summed E-state index contributed by atoms with van der Waals surface area (Å²) in [6.07, 6.45) is 1.35. The Kier molecular flexibility index (Phi) is 5.03. The van der Waals surface area contributed by atoms with E-state index in [0.717, 1.165) is 35.6 Å². The molecular formula is C20H18F2N4O2. The van der Waals surface area contributed by atoms with E-state index in [4.69, 9.17) is 4.74 Å². The average Bonchev–Trinajstić information content (AvgIpc) is 3.19. The molecule has 0 radical (unpaired) electrons. The first kappa shape index (κ1) is 18.1. The molecule has 0 saturated carbocycles. The summed E-state index contributed by atoms with van der Waals surface area (Å²) >= 11 is 0. The van der Waals surface area contributed by atoms with Crippen molar-refractivity contribution in [2.24, 2.45) is 0 Å². The number of halogens is 2. The molecule has 3 aromatic rings. The maximum absolute atomic E-state index is 13.9. The summed E-state index contributed by atoms with van der Waals surface area (Å²) in [5.74, 6) is -1.97. The van der Waals surface area contributed by atoms with Gasteiger partial charge in [-0.3, -0.25) is 4.79 Å². The Morgan fingerprint density at radius 1 is 1.00 bits per heavy atom. The van der Waals surface area contributed by atoms with Crippen molar-refractivity contribution < 1.29 is 18.3 Å². The maximum Gasteiger partial charge on any atom is 0.276 e. The first-order chi connectivity index (χ1) is 13.6. The topological polar surface area (TPSA) is 59.4 Å². The summed E-state index contributed by atoms with van der Waals surface area (Å²) in [5, 5.41) is 6.73. The van der Waals surface area contributed by atoms with Crippen molar-refractivity contribution in [1.82, 2.24) is 9.78 Å². The van der Waals surface area contributed by atoms with Crippen LogP contribution in [0.5, 0.6) is 0 Å². The van der Waals surface area contributed by atoms with E-state index in [0.29, 0.717) is 18.9 Å². The van der Waals surface area contributed by atoms with Gasteiger partial charge in [0.1, 0.15) is 5.69 Å². The van der Waals surface area contributed by atoms with Crippen LogP contribution in [0.1, 0.15) is 10.5 Å². The fourth-order valence-corrected chi connectivity index (χ4v) is 3.05. The smallest absolute Gasteiger partial charge is 0.276 e. The lowest BCUT2D eigenvalue weighted by atomic mass is 10.2. The minimum Gasteiger partial charge on any atom is -0.378 e. The Labute approximate surface area is 160 Å². The molecule has 1 fully saturated rings. The summed E-state index contributed by atoms with van der Waals surface area (Å²) in [7, 11) is 0. The number of hydrogen-bond acceptors (Lipinski definition) is 4. The maximum atomic E-state index is 13.9. The largest absolute Gasteiger partial charge is 0.378 e. The predicted octanol–water partition coefficient (Wildman–Crippen LogP) is 3.24. The van der Waals surface area contributed by atoms with E-state index in [9.17, 15) is 13.6 Å². The van der Waals surface area contributed by atoms with Crippen LogP contribution in [0.4, 0.5) is 20.2 Å². The van der Waals surface area contributed by atoms with Gasteiger partial charge < -0.3 is 15.0 Å². The molecule has 8 heteroatoms. The van der Waals surface area contributed by atoms with E-state index in [1.807, 2.05) is 12.1 Å². The van der Waals surface area contributed by atoms with Crippen molar-refractivity contribution in [1.29, 1.82) is 0 Å². The lowest BCUT2D eigenvalue weighted by Gasteiger charge is -2.28. The van der Waals surface area contributed by atoms with Crippen molar-refractivity contribution in [2.75, 3.05) is 36.5 Å². The fraction of sp³-hybridized carbons (Fsp3) is 0.200. The summed E-state index contributed by atoms with van der Waals surface area (Å²) < 4.78 is 34.1. The van der Waals surface area contributed by atoms with Crippen LogP contribution in [0.3, 0.4) is 0 Å². The Hall–Kier alpha value is -3.26. The second kappa shape index (κ2) is 7.77. The molecule has 0 bridgehead atoms. The zero-order chi connectivity index (χ0) is 19.5. The predicted molar refractivity (Wildman–Crippen MR) is 101 cm³/mol. The van der Waals surface area contributed by atoms with Crippen molar-refractivity contribution in [3.8, 4) is 5.69 Å².